The number of likely N-dealkylation sites (N-methyl/N-ethyl adjacent to an activating group) is 2. The van der Waals surface area contributed by atoms with Gasteiger partial charge in [-0.3, -0.25) is 4.79 Å². The minimum Gasteiger partial charge on any atom is -0.368 e. The summed E-state index contributed by atoms with van der Waals surface area (Å²) in [6.45, 7) is 10.4. The molecule has 2 rings (SSSR count). The summed E-state index contributed by atoms with van der Waals surface area (Å²) in [5.41, 5.74) is 6.85. The summed E-state index contributed by atoms with van der Waals surface area (Å²) in [4.78, 5) is 25.4. The summed E-state index contributed by atoms with van der Waals surface area (Å²) in [5, 5.41) is 0.744. The number of aromatic nitrogens is 2. The van der Waals surface area contributed by atoms with E-state index in [-0.39, 0.29) is 11.9 Å². The molecule has 1 aromatic heterocycles. The summed E-state index contributed by atoms with van der Waals surface area (Å²) in [5.74, 6) is 0.0387. The zero-order chi connectivity index (χ0) is 16.8. The van der Waals surface area contributed by atoms with Crippen LogP contribution in [0.5, 0.6) is 0 Å². The van der Waals surface area contributed by atoms with E-state index >= 15 is 0 Å². The number of nitrogens with zero attached hydrogens (tertiary/aromatic N) is 4. The molecule has 1 heterocycles. The monoisotopic (exact) mass is 315 g/mol. The van der Waals surface area contributed by atoms with Gasteiger partial charge < -0.3 is 15.5 Å². The molecule has 0 fully saturated rings. The van der Waals surface area contributed by atoms with Crippen molar-refractivity contribution in [1.82, 2.24) is 19.8 Å². The SMILES string of the molecule is CCN(CC)CCN(CC)C(=O)c1nc(N)nc2ccccc12. The largest absolute Gasteiger partial charge is 0.368 e. The van der Waals surface area contributed by atoms with Crippen molar-refractivity contribution in [3.05, 3.63) is 30.0 Å². The van der Waals surface area contributed by atoms with E-state index in [9.17, 15) is 4.79 Å². The predicted octanol–water partition coefficient (Wildman–Crippen LogP) is 2.02. The van der Waals surface area contributed by atoms with Gasteiger partial charge in [0.15, 0.2) is 0 Å². The van der Waals surface area contributed by atoms with Crippen LogP contribution in [0, 0.1) is 0 Å². The van der Waals surface area contributed by atoms with Crippen LogP contribution in [0.15, 0.2) is 24.3 Å². The Balaban J connectivity index is 2.27. The highest BCUT2D eigenvalue weighted by Gasteiger charge is 2.20. The van der Waals surface area contributed by atoms with Crippen molar-refractivity contribution in [1.29, 1.82) is 0 Å². The summed E-state index contributed by atoms with van der Waals surface area (Å²) >= 11 is 0. The normalized spacial score (nSPS) is 11.1. The number of nitrogen functional groups attached to an aromatic ring is 1. The molecule has 0 aliphatic rings. The molecule has 0 saturated carbocycles. The number of hydrogen-bond donors (Lipinski definition) is 1. The molecule has 0 unspecified atom stereocenters. The van der Waals surface area contributed by atoms with Crippen LogP contribution in [0.2, 0.25) is 0 Å². The molecule has 6 heteroatoms. The van der Waals surface area contributed by atoms with Crippen LogP contribution < -0.4 is 5.73 Å². The second kappa shape index (κ2) is 7.87. The van der Waals surface area contributed by atoms with Gasteiger partial charge in [-0.25, -0.2) is 9.97 Å². The van der Waals surface area contributed by atoms with E-state index in [0.717, 1.165) is 25.0 Å². The van der Waals surface area contributed by atoms with Gasteiger partial charge in [-0.2, -0.15) is 0 Å². The fourth-order valence-corrected chi connectivity index (χ4v) is 2.61. The lowest BCUT2D eigenvalue weighted by molar-refractivity contribution is 0.0743. The van der Waals surface area contributed by atoms with Gasteiger partial charge in [-0.1, -0.05) is 32.0 Å². The van der Waals surface area contributed by atoms with Gasteiger partial charge in [-0.05, 0) is 26.1 Å². The second-order valence-electron chi connectivity index (χ2n) is 5.36. The molecule has 0 spiro atoms. The average molecular weight is 315 g/mol. The smallest absolute Gasteiger partial charge is 0.273 e. The third-order valence-corrected chi connectivity index (χ3v) is 4.07. The van der Waals surface area contributed by atoms with Crippen molar-refractivity contribution < 1.29 is 4.79 Å². The summed E-state index contributed by atoms with van der Waals surface area (Å²) in [6.07, 6.45) is 0. The molecule has 0 bridgehead atoms. The Labute approximate surface area is 137 Å². The van der Waals surface area contributed by atoms with E-state index in [1.54, 1.807) is 0 Å². The highest BCUT2D eigenvalue weighted by atomic mass is 16.2. The van der Waals surface area contributed by atoms with E-state index in [1.165, 1.54) is 0 Å². The summed E-state index contributed by atoms with van der Waals surface area (Å²) in [7, 11) is 0. The molecule has 1 aromatic carbocycles. The Bertz CT molecular complexity index is 669. The van der Waals surface area contributed by atoms with Crippen LogP contribution in [0.25, 0.3) is 10.9 Å². The van der Waals surface area contributed by atoms with Crippen molar-refractivity contribution in [2.24, 2.45) is 0 Å². The van der Waals surface area contributed by atoms with E-state index < -0.39 is 0 Å². The van der Waals surface area contributed by atoms with Gasteiger partial charge in [-0.15, -0.1) is 0 Å². The Morgan fingerprint density at radius 1 is 1.04 bits per heavy atom. The first-order chi connectivity index (χ1) is 11.1. The molecule has 23 heavy (non-hydrogen) atoms. The predicted molar refractivity (Wildman–Crippen MR) is 93.3 cm³/mol. The lowest BCUT2D eigenvalue weighted by Gasteiger charge is -2.25. The number of anilines is 1. The standard InChI is InChI=1S/C17H25N5O/c1-4-21(5-2)11-12-22(6-3)16(23)15-13-9-7-8-10-14(13)19-17(18)20-15/h7-10H,4-6,11-12H2,1-3H3,(H2,18,19,20). The number of para-hydroxylation sites is 1. The van der Waals surface area contributed by atoms with Gasteiger partial charge in [0.2, 0.25) is 5.95 Å². The van der Waals surface area contributed by atoms with Crippen molar-refractivity contribution in [3.63, 3.8) is 0 Å². The fourth-order valence-electron chi connectivity index (χ4n) is 2.61. The minimum atomic E-state index is -0.0926. The van der Waals surface area contributed by atoms with Gasteiger partial charge in [0.25, 0.3) is 5.91 Å². The minimum absolute atomic E-state index is 0.0926. The van der Waals surface area contributed by atoms with E-state index in [0.29, 0.717) is 24.3 Å². The van der Waals surface area contributed by atoms with Gasteiger partial charge >= 0.3 is 0 Å². The first kappa shape index (κ1) is 17.1. The summed E-state index contributed by atoms with van der Waals surface area (Å²) < 4.78 is 0. The Morgan fingerprint density at radius 2 is 1.74 bits per heavy atom. The summed E-state index contributed by atoms with van der Waals surface area (Å²) in [6, 6.07) is 7.46. The molecule has 0 aliphatic carbocycles. The molecule has 0 radical (unpaired) electrons. The van der Waals surface area contributed by atoms with Crippen LogP contribution in [-0.4, -0.2) is 58.4 Å². The van der Waals surface area contributed by atoms with Gasteiger partial charge in [0, 0.05) is 25.0 Å². The number of rotatable bonds is 7. The molecule has 6 nitrogen and oxygen atoms in total. The maximum atomic E-state index is 12.9. The molecule has 0 aliphatic heterocycles. The van der Waals surface area contributed by atoms with Crippen LogP contribution >= 0.6 is 0 Å². The number of carbonyl (C=O) groups excluding carboxylic acids is 1. The molecule has 0 saturated heterocycles. The number of nitrogens with two attached hydrogens (primary N) is 1. The lowest BCUT2D eigenvalue weighted by Crippen LogP contribution is -2.39. The number of amides is 1. The Kier molecular flexibility index (Phi) is 5.87. The third-order valence-electron chi connectivity index (χ3n) is 4.07. The highest BCUT2D eigenvalue weighted by molar-refractivity contribution is 6.04. The number of fused-ring (bicyclic) bond motifs is 1. The molecular weight excluding hydrogens is 290 g/mol. The second-order valence-corrected chi connectivity index (χ2v) is 5.36. The number of carbonyl (C=O) groups is 1. The van der Waals surface area contributed by atoms with Gasteiger partial charge in [0.05, 0.1) is 5.52 Å². The molecule has 2 aromatic rings. The molecule has 0 atom stereocenters. The molecular formula is C17H25N5O. The van der Waals surface area contributed by atoms with E-state index in [2.05, 4.69) is 28.7 Å². The van der Waals surface area contributed by atoms with Crippen molar-refractivity contribution in [2.75, 3.05) is 38.5 Å². The van der Waals surface area contributed by atoms with Crippen LogP contribution in [0.1, 0.15) is 31.3 Å². The number of benzene rings is 1. The highest BCUT2D eigenvalue weighted by Crippen LogP contribution is 2.18. The Morgan fingerprint density at radius 3 is 2.39 bits per heavy atom. The van der Waals surface area contributed by atoms with E-state index in [4.69, 9.17) is 5.73 Å². The first-order valence-electron chi connectivity index (χ1n) is 8.14. The maximum Gasteiger partial charge on any atom is 0.273 e. The maximum absolute atomic E-state index is 12.9. The number of hydrogen-bond acceptors (Lipinski definition) is 5. The van der Waals surface area contributed by atoms with Crippen LogP contribution in [0.4, 0.5) is 5.95 Å². The molecule has 124 valence electrons. The Hall–Kier alpha value is -2.21. The van der Waals surface area contributed by atoms with E-state index in [1.807, 2.05) is 36.1 Å². The van der Waals surface area contributed by atoms with Crippen LogP contribution in [0.3, 0.4) is 0 Å². The van der Waals surface area contributed by atoms with Crippen molar-refractivity contribution in [3.8, 4) is 0 Å². The van der Waals surface area contributed by atoms with Crippen molar-refractivity contribution >= 4 is 22.8 Å². The van der Waals surface area contributed by atoms with Crippen LogP contribution in [-0.2, 0) is 0 Å². The first-order valence-corrected chi connectivity index (χ1v) is 8.14. The molecule has 1 amide bonds. The third kappa shape index (κ3) is 3.96. The fraction of sp³-hybridized carbons (Fsp3) is 0.471. The topological polar surface area (TPSA) is 75.3 Å². The van der Waals surface area contributed by atoms with Gasteiger partial charge in [0.1, 0.15) is 5.69 Å². The lowest BCUT2D eigenvalue weighted by atomic mass is 10.1. The zero-order valence-electron chi connectivity index (χ0n) is 14.1. The quantitative estimate of drug-likeness (QED) is 0.846. The average Bonchev–Trinajstić information content (AvgIpc) is 2.57. The van der Waals surface area contributed by atoms with Crippen molar-refractivity contribution in [2.45, 2.75) is 20.8 Å². The zero-order valence-corrected chi connectivity index (χ0v) is 14.1. The molecule has 2 N–H and O–H groups in total.